The molecule has 1 aromatic carbocycles. The van der Waals surface area contributed by atoms with Gasteiger partial charge in [-0.1, -0.05) is 34.5 Å². The number of hydrogen-bond donors (Lipinski definition) is 1. The molecule has 2 nitrogen and oxygen atoms in total. The Morgan fingerprint density at radius 1 is 1.35 bits per heavy atom. The first-order valence-corrected chi connectivity index (χ1v) is 7.58. The molecule has 0 amide bonds. The molecule has 0 fully saturated rings. The van der Waals surface area contributed by atoms with E-state index in [1.54, 1.807) is 24.4 Å². The lowest BCUT2D eigenvalue weighted by atomic mass is 10.0. The van der Waals surface area contributed by atoms with Crippen molar-refractivity contribution in [2.75, 3.05) is 6.54 Å². The lowest BCUT2D eigenvalue weighted by molar-refractivity contribution is 0.539. The second-order valence-corrected chi connectivity index (χ2v) is 5.81. The second-order valence-electron chi connectivity index (χ2n) is 4.45. The van der Waals surface area contributed by atoms with Gasteiger partial charge in [-0.15, -0.1) is 0 Å². The second kappa shape index (κ2) is 7.16. The van der Waals surface area contributed by atoms with Gasteiger partial charge in [-0.2, -0.15) is 0 Å². The average Bonchev–Trinajstić information content (AvgIpc) is 2.44. The fourth-order valence-electron chi connectivity index (χ4n) is 1.96. The highest BCUT2D eigenvalue weighted by molar-refractivity contribution is 9.10. The highest BCUT2D eigenvalue weighted by Crippen LogP contribution is 2.26. The van der Waals surface area contributed by atoms with Gasteiger partial charge in [0.25, 0.3) is 0 Å². The standard InChI is InChI=1S/C15H15BrClFN2/c1-2-7-19-15(14-6-4-11(17)9-20-14)12-8-10(16)3-5-13(12)18/h3-6,8-9,15,19H,2,7H2,1H3. The molecule has 1 N–H and O–H groups in total. The molecule has 5 heteroatoms. The molecule has 1 atom stereocenters. The van der Waals surface area contributed by atoms with E-state index in [-0.39, 0.29) is 11.9 Å². The third-order valence-corrected chi connectivity index (χ3v) is 3.63. The van der Waals surface area contributed by atoms with E-state index in [2.05, 4.69) is 33.2 Å². The van der Waals surface area contributed by atoms with Crippen molar-refractivity contribution in [1.82, 2.24) is 10.3 Å². The van der Waals surface area contributed by atoms with Crippen molar-refractivity contribution in [3.63, 3.8) is 0 Å². The Bertz CT molecular complexity index is 575. The van der Waals surface area contributed by atoms with Crippen LogP contribution in [0, 0.1) is 5.82 Å². The van der Waals surface area contributed by atoms with Crippen LogP contribution in [0.25, 0.3) is 0 Å². The molecule has 0 aliphatic heterocycles. The van der Waals surface area contributed by atoms with Crippen LogP contribution in [0.4, 0.5) is 4.39 Å². The maximum absolute atomic E-state index is 14.1. The van der Waals surface area contributed by atoms with Crippen LogP contribution in [0.1, 0.15) is 30.6 Å². The van der Waals surface area contributed by atoms with Crippen LogP contribution < -0.4 is 5.32 Å². The van der Waals surface area contributed by atoms with Crippen molar-refractivity contribution in [3.05, 3.63) is 63.1 Å². The van der Waals surface area contributed by atoms with E-state index < -0.39 is 0 Å². The molecular weight excluding hydrogens is 343 g/mol. The van der Waals surface area contributed by atoms with Crippen LogP contribution in [-0.4, -0.2) is 11.5 Å². The van der Waals surface area contributed by atoms with Crippen molar-refractivity contribution >= 4 is 27.5 Å². The molecule has 0 aliphatic rings. The highest BCUT2D eigenvalue weighted by Gasteiger charge is 2.18. The van der Waals surface area contributed by atoms with E-state index >= 15 is 0 Å². The smallest absolute Gasteiger partial charge is 0.128 e. The minimum Gasteiger partial charge on any atom is -0.305 e. The van der Waals surface area contributed by atoms with Crippen molar-refractivity contribution in [3.8, 4) is 0 Å². The summed E-state index contributed by atoms with van der Waals surface area (Å²) in [5.74, 6) is -0.251. The van der Waals surface area contributed by atoms with E-state index in [9.17, 15) is 4.39 Å². The molecule has 1 unspecified atom stereocenters. The topological polar surface area (TPSA) is 24.9 Å². The van der Waals surface area contributed by atoms with E-state index in [1.165, 1.54) is 6.07 Å². The first kappa shape index (κ1) is 15.4. The SMILES string of the molecule is CCCNC(c1ccc(Cl)cn1)c1cc(Br)ccc1F. The van der Waals surface area contributed by atoms with Crippen molar-refractivity contribution in [1.29, 1.82) is 0 Å². The summed E-state index contributed by atoms with van der Waals surface area (Å²) in [6.45, 7) is 2.84. The quantitative estimate of drug-likeness (QED) is 0.837. The molecule has 0 saturated carbocycles. The van der Waals surface area contributed by atoms with Gasteiger partial charge in [0.05, 0.1) is 16.8 Å². The lowest BCUT2D eigenvalue weighted by Crippen LogP contribution is -2.25. The third kappa shape index (κ3) is 3.78. The van der Waals surface area contributed by atoms with Gasteiger partial charge in [0, 0.05) is 16.2 Å². The summed E-state index contributed by atoms with van der Waals surface area (Å²) >= 11 is 9.24. The van der Waals surface area contributed by atoms with Crippen molar-refractivity contribution < 1.29 is 4.39 Å². The normalized spacial score (nSPS) is 12.4. The first-order chi connectivity index (χ1) is 9.61. The van der Waals surface area contributed by atoms with Crippen LogP contribution in [0.5, 0.6) is 0 Å². The number of hydrogen-bond acceptors (Lipinski definition) is 2. The van der Waals surface area contributed by atoms with Gasteiger partial charge in [-0.3, -0.25) is 4.98 Å². The lowest BCUT2D eigenvalue weighted by Gasteiger charge is -2.19. The Balaban J connectivity index is 2.41. The van der Waals surface area contributed by atoms with Crippen LogP contribution in [0.15, 0.2) is 41.0 Å². The Morgan fingerprint density at radius 2 is 2.15 bits per heavy atom. The molecule has 0 saturated heterocycles. The molecule has 0 spiro atoms. The molecule has 0 aliphatic carbocycles. The fourth-order valence-corrected chi connectivity index (χ4v) is 2.45. The predicted octanol–water partition coefficient (Wildman–Crippen LogP) is 4.73. The summed E-state index contributed by atoms with van der Waals surface area (Å²) < 4.78 is 14.9. The molecular formula is C15H15BrClFN2. The summed E-state index contributed by atoms with van der Waals surface area (Å²) in [5, 5.41) is 3.89. The van der Waals surface area contributed by atoms with Crippen LogP contribution in [0.2, 0.25) is 5.02 Å². The number of nitrogens with zero attached hydrogens (tertiary/aromatic N) is 1. The number of rotatable bonds is 5. The highest BCUT2D eigenvalue weighted by atomic mass is 79.9. The van der Waals surface area contributed by atoms with Crippen LogP contribution in [0.3, 0.4) is 0 Å². The number of aromatic nitrogens is 1. The monoisotopic (exact) mass is 356 g/mol. The maximum Gasteiger partial charge on any atom is 0.128 e. The predicted molar refractivity (Wildman–Crippen MR) is 83.5 cm³/mol. The van der Waals surface area contributed by atoms with Gasteiger partial charge in [0.1, 0.15) is 5.82 Å². The van der Waals surface area contributed by atoms with E-state index in [0.29, 0.717) is 10.6 Å². The zero-order valence-corrected chi connectivity index (χ0v) is 13.4. The third-order valence-electron chi connectivity index (χ3n) is 2.91. The summed E-state index contributed by atoms with van der Waals surface area (Å²) in [4.78, 5) is 4.30. The summed E-state index contributed by atoms with van der Waals surface area (Å²) in [7, 11) is 0. The van der Waals surface area contributed by atoms with Crippen molar-refractivity contribution in [2.45, 2.75) is 19.4 Å². The molecule has 20 heavy (non-hydrogen) atoms. The minimum atomic E-state index is -0.287. The Morgan fingerprint density at radius 3 is 2.80 bits per heavy atom. The molecule has 0 radical (unpaired) electrons. The Kier molecular flexibility index (Phi) is 5.52. The van der Waals surface area contributed by atoms with E-state index in [0.717, 1.165) is 23.1 Å². The molecule has 106 valence electrons. The first-order valence-electron chi connectivity index (χ1n) is 6.41. The number of halogens is 3. The van der Waals surface area contributed by atoms with Crippen LogP contribution in [-0.2, 0) is 0 Å². The van der Waals surface area contributed by atoms with Gasteiger partial charge in [0.2, 0.25) is 0 Å². The Hall–Kier alpha value is -0.970. The maximum atomic E-state index is 14.1. The Labute approximate surface area is 131 Å². The molecule has 2 rings (SSSR count). The summed E-state index contributed by atoms with van der Waals surface area (Å²) in [5.41, 5.74) is 1.32. The van der Waals surface area contributed by atoms with E-state index in [1.807, 2.05) is 6.07 Å². The molecule has 1 aromatic heterocycles. The largest absolute Gasteiger partial charge is 0.305 e. The molecule has 0 bridgehead atoms. The summed E-state index contributed by atoms with van der Waals surface area (Å²) in [6, 6.07) is 8.21. The van der Waals surface area contributed by atoms with Gasteiger partial charge in [0.15, 0.2) is 0 Å². The zero-order valence-electron chi connectivity index (χ0n) is 11.0. The van der Waals surface area contributed by atoms with Crippen molar-refractivity contribution in [2.24, 2.45) is 0 Å². The minimum absolute atomic E-state index is 0.251. The number of benzene rings is 1. The summed E-state index contributed by atoms with van der Waals surface area (Å²) in [6.07, 6.45) is 2.53. The molecule has 2 aromatic rings. The van der Waals surface area contributed by atoms with Gasteiger partial charge < -0.3 is 5.32 Å². The number of nitrogens with one attached hydrogen (secondary N) is 1. The zero-order chi connectivity index (χ0) is 14.5. The van der Waals surface area contributed by atoms with Gasteiger partial charge >= 0.3 is 0 Å². The van der Waals surface area contributed by atoms with Gasteiger partial charge in [-0.05, 0) is 43.3 Å². The van der Waals surface area contributed by atoms with Crippen LogP contribution >= 0.6 is 27.5 Å². The number of pyridine rings is 1. The van der Waals surface area contributed by atoms with Gasteiger partial charge in [-0.25, -0.2) is 4.39 Å². The molecule has 1 heterocycles. The fraction of sp³-hybridized carbons (Fsp3) is 0.267. The van der Waals surface area contributed by atoms with E-state index in [4.69, 9.17) is 11.6 Å². The average molecular weight is 358 g/mol.